The van der Waals surface area contributed by atoms with Crippen molar-refractivity contribution in [3.63, 3.8) is 0 Å². The number of nitrogens with zero attached hydrogens (tertiary/aromatic N) is 5. The Morgan fingerprint density at radius 2 is 1.64 bits per heavy atom. The third kappa shape index (κ3) is 10.3. The second-order valence-electron chi connectivity index (χ2n) is 16.1. The highest BCUT2D eigenvalue weighted by Gasteiger charge is 2.45. The van der Waals surface area contributed by atoms with Gasteiger partial charge in [-0.3, -0.25) is 34.2 Å². The molecule has 2 fully saturated rings. The van der Waals surface area contributed by atoms with Gasteiger partial charge >= 0.3 is 0 Å². The van der Waals surface area contributed by atoms with E-state index in [4.69, 9.17) is 35.5 Å². The van der Waals surface area contributed by atoms with Crippen LogP contribution >= 0.6 is 11.6 Å². The number of piperidine rings is 2. The van der Waals surface area contributed by atoms with Gasteiger partial charge < -0.3 is 44.4 Å². The number of amides is 5. The highest BCUT2D eigenvalue weighted by molar-refractivity contribution is 6.33. The number of aromatic amines is 1. The number of anilines is 4. The van der Waals surface area contributed by atoms with Crippen LogP contribution in [0.15, 0.2) is 73.1 Å². The van der Waals surface area contributed by atoms with Crippen LogP contribution in [0.3, 0.4) is 0 Å². The molecule has 0 radical (unpaired) electrons. The summed E-state index contributed by atoms with van der Waals surface area (Å²) in [4.78, 5) is 80.8. The smallest absolute Gasteiger partial charge is 0.264 e. The molecule has 8 rings (SSSR count). The van der Waals surface area contributed by atoms with E-state index in [2.05, 4.69) is 30.8 Å². The molecule has 0 bridgehead atoms. The fourth-order valence-electron chi connectivity index (χ4n) is 8.50. The van der Waals surface area contributed by atoms with Crippen molar-refractivity contribution in [2.75, 3.05) is 89.0 Å². The monoisotopic (exact) mass is 921 g/mol. The highest BCUT2D eigenvalue weighted by Crippen LogP contribution is 2.36. The van der Waals surface area contributed by atoms with Crippen molar-refractivity contribution in [2.24, 2.45) is 0 Å². The number of carbonyl (C=O) groups excluding carboxylic acids is 5. The first-order chi connectivity index (χ1) is 32.1. The third-order valence-electron chi connectivity index (χ3n) is 12.0. The summed E-state index contributed by atoms with van der Waals surface area (Å²) in [7, 11) is 3.49. The van der Waals surface area contributed by atoms with Gasteiger partial charge in [-0.15, -0.1) is 0 Å². The molecule has 3 aliphatic heterocycles. The van der Waals surface area contributed by atoms with Crippen LogP contribution in [0.25, 0.3) is 22.2 Å². The van der Waals surface area contributed by atoms with Crippen LogP contribution in [0.4, 0.5) is 23.0 Å². The van der Waals surface area contributed by atoms with E-state index >= 15 is 0 Å². The van der Waals surface area contributed by atoms with Crippen molar-refractivity contribution in [1.29, 1.82) is 0 Å². The number of para-hydroxylation sites is 1. The van der Waals surface area contributed by atoms with Crippen LogP contribution in [-0.2, 0) is 28.6 Å². The van der Waals surface area contributed by atoms with Crippen LogP contribution in [0.5, 0.6) is 5.75 Å². The zero-order valence-electron chi connectivity index (χ0n) is 36.8. The zero-order valence-corrected chi connectivity index (χ0v) is 37.5. The number of halogens is 1. The number of ether oxygens (including phenoxy) is 4. The largest absolute Gasteiger partial charge is 0.494 e. The van der Waals surface area contributed by atoms with Crippen molar-refractivity contribution < 1.29 is 42.9 Å². The minimum atomic E-state index is -1.03. The second-order valence-corrected chi connectivity index (χ2v) is 16.5. The van der Waals surface area contributed by atoms with Crippen molar-refractivity contribution in [1.82, 2.24) is 30.1 Å². The number of fused-ring (bicyclic) bond motifs is 2. The van der Waals surface area contributed by atoms with E-state index in [0.29, 0.717) is 74.3 Å². The molecular weight excluding hydrogens is 870 g/mol. The number of carbonyl (C=O) groups is 5. The molecule has 0 spiro atoms. The molecule has 346 valence electrons. The Labute approximate surface area is 386 Å². The summed E-state index contributed by atoms with van der Waals surface area (Å²) in [5, 5.41) is 10.1. The molecule has 0 aliphatic carbocycles. The quantitative estimate of drug-likeness (QED) is 0.0569. The molecule has 5 aromatic rings. The van der Waals surface area contributed by atoms with E-state index in [0.717, 1.165) is 58.7 Å². The van der Waals surface area contributed by atoms with Gasteiger partial charge in [-0.05, 0) is 49.6 Å². The molecule has 5 heterocycles. The van der Waals surface area contributed by atoms with Crippen LogP contribution in [0.1, 0.15) is 52.8 Å². The summed E-state index contributed by atoms with van der Waals surface area (Å²) in [5.41, 5.74) is 5.11. The lowest BCUT2D eigenvalue weighted by Crippen LogP contribution is -2.54. The molecule has 2 aromatic heterocycles. The molecule has 5 amide bonds. The van der Waals surface area contributed by atoms with Crippen LogP contribution < -0.4 is 25.6 Å². The van der Waals surface area contributed by atoms with Crippen molar-refractivity contribution in [3.8, 4) is 17.0 Å². The maximum absolute atomic E-state index is 13.3. The van der Waals surface area contributed by atoms with E-state index in [1.54, 1.807) is 31.5 Å². The van der Waals surface area contributed by atoms with Gasteiger partial charge in [-0.25, -0.2) is 9.97 Å². The van der Waals surface area contributed by atoms with Crippen molar-refractivity contribution in [2.45, 2.75) is 44.2 Å². The minimum absolute atomic E-state index is 0.0359. The molecule has 2 saturated heterocycles. The zero-order chi connectivity index (χ0) is 46.2. The van der Waals surface area contributed by atoms with Gasteiger partial charge in [0.2, 0.25) is 23.7 Å². The van der Waals surface area contributed by atoms with Crippen LogP contribution in [-0.4, -0.2) is 140 Å². The van der Waals surface area contributed by atoms with Gasteiger partial charge in [0.05, 0.1) is 86.9 Å². The average Bonchev–Trinajstić information content (AvgIpc) is 3.87. The van der Waals surface area contributed by atoms with Gasteiger partial charge in [-0.1, -0.05) is 35.9 Å². The molecule has 3 aliphatic rings. The number of benzene rings is 3. The molecule has 0 saturated carbocycles. The lowest BCUT2D eigenvalue weighted by molar-refractivity contribution is -0.136. The van der Waals surface area contributed by atoms with Gasteiger partial charge in [-0.2, -0.15) is 0 Å². The van der Waals surface area contributed by atoms with Gasteiger partial charge in [0.1, 0.15) is 11.8 Å². The predicted octanol–water partition coefficient (Wildman–Crippen LogP) is 5.41. The SMILES string of the molecule is COc1cc(N2CCC(N(C)C(=O)CCOCCOCCOCCNc3cccc4c3C(=O)N(C3CCC(=O)NC3=O)C4=O)CC2)ccc1Nc1ncc(Cl)c(-c2c[nH]c3ccccc23)n1. The Hall–Kier alpha value is -6.60. The Kier molecular flexibility index (Phi) is 14.7. The summed E-state index contributed by atoms with van der Waals surface area (Å²) in [6.07, 6.45) is 5.56. The van der Waals surface area contributed by atoms with E-state index in [1.807, 2.05) is 60.6 Å². The van der Waals surface area contributed by atoms with E-state index in [1.165, 1.54) is 0 Å². The molecule has 19 heteroatoms. The first kappa shape index (κ1) is 45.9. The number of nitrogens with one attached hydrogen (secondary N) is 4. The fraction of sp³-hybridized carbons (Fsp3) is 0.383. The summed E-state index contributed by atoms with van der Waals surface area (Å²) >= 11 is 6.55. The standard InChI is InChI=1S/C47H52ClN9O9/c1-55(29-14-18-56(19-15-29)30-10-11-36(39(26-30)63-2)52-47-51-28-34(48)43(54-47)33-27-50-35-8-4-3-6-31(33)35)41(59)16-20-64-22-24-66-25-23-65-21-17-49-37-9-5-7-32-42(37)46(62)57(45(32)61)38-12-13-40(58)53-44(38)60/h3-11,26-29,38,49-50H,12-25H2,1-2H3,(H,51,52,54)(H,53,58,60). The summed E-state index contributed by atoms with van der Waals surface area (Å²) in [6, 6.07) is 18.0. The maximum Gasteiger partial charge on any atom is 0.264 e. The number of methoxy groups -OCH3 is 1. The van der Waals surface area contributed by atoms with Gasteiger partial charge in [0, 0.05) is 79.2 Å². The van der Waals surface area contributed by atoms with Crippen LogP contribution in [0.2, 0.25) is 5.02 Å². The number of rotatable bonds is 20. The molecular formula is C47H52ClN9O9. The molecule has 66 heavy (non-hydrogen) atoms. The second kappa shape index (κ2) is 21.1. The normalized spacial score (nSPS) is 16.4. The Morgan fingerprint density at radius 1 is 0.879 bits per heavy atom. The summed E-state index contributed by atoms with van der Waals surface area (Å²) < 4.78 is 22.7. The van der Waals surface area contributed by atoms with Gasteiger partial charge in [0.25, 0.3) is 11.8 Å². The van der Waals surface area contributed by atoms with E-state index < -0.39 is 29.7 Å². The summed E-state index contributed by atoms with van der Waals surface area (Å²) in [6.45, 7) is 3.91. The molecule has 4 N–H and O–H groups in total. The van der Waals surface area contributed by atoms with Crippen LogP contribution in [0, 0.1) is 0 Å². The predicted molar refractivity (Wildman–Crippen MR) is 247 cm³/mol. The average molecular weight is 922 g/mol. The number of hydrogen-bond acceptors (Lipinski definition) is 14. The first-order valence-electron chi connectivity index (χ1n) is 22.0. The molecule has 18 nitrogen and oxygen atoms in total. The Balaban J connectivity index is 0.691. The van der Waals surface area contributed by atoms with Crippen molar-refractivity contribution >= 4 is 75.1 Å². The van der Waals surface area contributed by atoms with E-state index in [-0.39, 0.29) is 42.3 Å². The number of aromatic nitrogens is 3. The Morgan fingerprint density at radius 3 is 2.41 bits per heavy atom. The van der Waals surface area contributed by atoms with Gasteiger partial charge in [0.15, 0.2) is 0 Å². The lowest BCUT2D eigenvalue weighted by atomic mass is 10.0. The Bertz CT molecular complexity index is 2600. The molecule has 1 unspecified atom stereocenters. The summed E-state index contributed by atoms with van der Waals surface area (Å²) in [5.74, 6) is -1.13. The lowest BCUT2D eigenvalue weighted by Gasteiger charge is -2.38. The third-order valence-corrected chi connectivity index (χ3v) is 12.3. The topological polar surface area (TPSA) is 210 Å². The minimum Gasteiger partial charge on any atom is -0.494 e. The fourth-order valence-corrected chi connectivity index (χ4v) is 8.69. The van der Waals surface area contributed by atoms with E-state index in [9.17, 15) is 24.0 Å². The first-order valence-corrected chi connectivity index (χ1v) is 22.4. The highest BCUT2D eigenvalue weighted by atomic mass is 35.5. The molecule has 1 atom stereocenters. The number of imide groups is 2. The molecule has 3 aromatic carbocycles. The number of hydrogen-bond donors (Lipinski definition) is 4. The number of H-pyrrole nitrogens is 1. The van der Waals surface area contributed by atoms with Crippen molar-refractivity contribution in [3.05, 3.63) is 89.2 Å². The maximum atomic E-state index is 13.3.